The molecule has 2 saturated carbocycles. The molecule has 2 aliphatic rings. The molecule has 2 aliphatic carbocycles. The van der Waals surface area contributed by atoms with Gasteiger partial charge in [-0.25, -0.2) is 14.6 Å². The molecule has 0 bridgehead atoms. The largest absolute Gasteiger partial charge is 0.490 e. The van der Waals surface area contributed by atoms with E-state index in [4.69, 9.17) is 25.5 Å². The Bertz CT molecular complexity index is 1080. The second-order valence-electron chi connectivity index (χ2n) is 8.12. The van der Waals surface area contributed by atoms with Crippen LogP contribution in [0.2, 0.25) is 0 Å². The van der Waals surface area contributed by atoms with Gasteiger partial charge in [-0.3, -0.25) is 9.78 Å². The van der Waals surface area contributed by atoms with E-state index in [1.54, 1.807) is 6.33 Å². The fraction of sp³-hybridized carbons (Fsp3) is 0.450. The van der Waals surface area contributed by atoms with Crippen LogP contribution < -0.4 is 11.1 Å². The van der Waals surface area contributed by atoms with Crippen molar-refractivity contribution in [3.05, 3.63) is 36.5 Å². The number of halogens is 6. The van der Waals surface area contributed by atoms with Crippen molar-refractivity contribution in [2.75, 3.05) is 0 Å². The molecule has 0 spiro atoms. The zero-order chi connectivity index (χ0) is 27.5. The third-order valence-corrected chi connectivity index (χ3v) is 5.19. The maximum absolute atomic E-state index is 12.2. The lowest BCUT2D eigenvalue weighted by molar-refractivity contribution is -0.193. The van der Waals surface area contributed by atoms with Gasteiger partial charge in [-0.2, -0.15) is 26.3 Å². The van der Waals surface area contributed by atoms with E-state index in [1.165, 1.54) is 0 Å². The SMILES string of the molecule is Cn1cncc1-c1ccc(C2(NC(=O)C3(N)CC3)CC2)nc1.O=C(O)C(F)(F)F.O=C(O)C(F)(F)F. The number of hydrogen-bond acceptors (Lipinski definition) is 6. The van der Waals surface area contributed by atoms with Crippen LogP contribution in [0.5, 0.6) is 0 Å². The molecule has 2 aromatic heterocycles. The number of rotatable bonds is 4. The highest BCUT2D eigenvalue weighted by Gasteiger charge is 2.53. The Hall–Kier alpha value is -3.69. The first-order valence-corrected chi connectivity index (χ1v) is 10.1. The van der Waals surface area contributed by atoms with Gasteiger partial charge < -0.3 is 25.8 Å². The van der Waals surface area contributed by atoms with Gasteiger partial charge in [0.1, 0.15) is 0 Å². The van der Waals surface area contributed by atoms with Gasteiger partial charge in [0.2, 0.25) is 5.91 Å². The summed E-state index contributed by atoms with van der Waals surface area (Å²) in [5.74, 6) is -5.55. The van der Waals surface area contributed by atoms with E-state index in [-0.39, 0.29) is 11.4 Å². The number of amides is 1. The van der Waals surface area contributed by atoms with Gasteiger partial charge in [-0.05, 0) is 37.8 Å². The van der Waals surface area contributed by atoms with Crippen LogP contribution in [0, 0.1) is 0 Å². The van der Waals surface area contributed by atoms with Crippen molar-refractivity contribution < 1.29 is 50.9 Å². The van der Waals surface area contributed by atoms with Crippen molar-refractivity contribution in [2.45, 2.75) is 49.1 Å². The van der Waals surface area contributed by atoms with Crippen LogP contribution in [0.1, 0.15) is 31.4 Å². The van der Waals surface area contributed by atoms with Gasteiger partial charge in [0.05, 0.1) is 35.0 Å². The second-order valence-corrected chi connectivity index (χ2v) is 8.12. The van der Waals surface area contributed by atoms with Crippen molar-refractivity contribution >= 4 is 17.8 Å². The predicted octanol–water partition coefficient (Wildman–Crippen LogP) is 2.35. The molecule has 0 aliphatic heterocycles. The molecular formula is C20H21F6N5O5. The zero-order valence-corrected chi connectivity index (χ0v) is 18.5. The first-order chi connectivity index (χ1) is 16.4. The van der Waals surface area contributed by atoms with Crippen molar-refractivity contribution in [1.82, 2.24) is 19.9 Å². The first kappa shape index (κ1) is 28.5. The lowest BCUT2D eigenvalue weighted by Crippen LogP contribution is -2.47. The van der Waals surface area contributed by atoms with E-state index in [0.717, 1.165) is 42.6 Å². The summed E-state index contributed by atoms with van der Waals surface area (Å²) in [5, 5.41) is 17.4. The lowest BCUT2D eigenvalue weighted by Gasteiger charge is -2.19. The Kier molecular flexibility index (Phi) is 8.03. The summed E-state index contributed by atoms with van der Waals surface area (Å²) in [4.78, 5) is 38.7. The molecule has 0 atom stereocenters. The number of carbonyl (C=O) groups excluding carboxylic acids is 1. The molecule has 4 rings (SSSR count). The molecule has 2 fully saturated rings. The highest BCUT2D eigenvalue weighted by Crippen LogP contribution is 2.46. The quantitative estimate of drug-likeness (QED) is 0.443. The van der Waals surface area contributed by atoms with E-state index >= 15 is 0 Å². The van der Waals surface area contributed by atoms with Crippen molar-refractivity contribution in [3.63, 3.8) is 0 Å². The third-order valence-electron chi connectivity index (χ3n) is 5.19. The Labute approximate surface area is 199 Å². The summed E-state index contributed by atoms with van der Waals surface area (Å²) < 4.78 is 65.4. The number of aryl methyl sites for hydroxylation is 1. The number of nitrogens with two attached hydrogens (primary N) is 1. The van der Waals surface area contributed by atoms with Crippen LogP contribution in [-0.4, -0.2) is 60.5 Å². The van der Waals surface area contributed by atoms with E-state index < -0.39 is 29.8 Å². The molecule has 16 heteroatoms. The summed E-state index contributed by atoms with van der Waals surface area (Å²) in [7, 11) is 1.95. The molecule has 10 nitrogen and oxygen atoms in total. The van der Waals surface area contributed by atoms with Crippen molar-refractivity contribution in [1.29, 1.82) is 0 Å². The van der Waals surface area contributed by atoms with E-state index in [2.05, 4.69) is 15.3 Å². The summed E-state index contributed by atoms with van der Waals surface area (Å²) >= 11 is 0. The Balaban J connectivity index is 0.000000271. The third kappa shape index (κ3) is 7.40. The number of carboxylic acid groups (broad SMARTS) is 2. The molecule has 0 unspecified atom stereocenters. The molecule has 5 N–H and O–H groups in total. The number of pyridine rings is 1. The fourth-order valence-corrected chi connectivity index (χ4v) is 2.74. The fourth-order valence-electron chi connectivity index (χ4n) is 2.74. The smallest absolute Gasteiger partial charge is 0.475 e. The number of imidazole rings is 1. The lowest BCUT2D eigenvalue weighted by atomic mass is 10.1. The van der Waals surface area contributed by atoms with Gasteiger partial charge in [0.25, 0.3) is 0 Å². The number of nitrogens with zero attached hydrogens (tertiary/aromatic N) is 3. The zero-order valence-electron chi connectivity index (χ0n) is 18.5. The average molecular weight is 525 g/mol. The Morgan fingerprint density at radius 1 is 0.972 bits per heavy atom. The highest BCUT2D eigenvalue weighted by atomic mass is 19.4. The normalized spacial score (nSPS) is 16.9. The van der Waals surface area contributed by atoms with Crippen molar-refractivity contribution in [3.8, 4) is 11.3 Å². The molecule has 2 aromatic rings. The summed E-state index contributed by atoms with van der Waals surface area (Å²) in [6.07, 6.45) is -1.34. The van der Waals surface area contributed by atoms with Crippen LogP contribution in [0.4, 0.5) is 26.3 Å². The maximum atomic E-state index is 12.2. The second kappa shape index (κ2) is 10.1. The minimum Gasteiger partial charge on any atom is -0.475 e. The number of aliphatic carboxylic acids is 2. The van der Waals surface area contributed by atoms with Gasteiger partial charge in [-0.1, -0.05) is 0 Å². The van der Waals surface area contributed by atoms with Gasteiger partial charge >= 0.3 is 24.3 Å². The van der Waals surface area contributed by atoms with E-state index in [9.17, 15) is 31.1 Å². The molecule has 1 amide bonds. The standard InChI is InChI=1S/C16H19N5O.2C2HF3O2/c1-21-10-18-9-12(21)11-2-3-13(19-8-11)16(6-7-16)20-14(22)15(17)4-5-15;2*3-2(4,5)1(6)7/h2-3,8-10H,4-7,17H2,1H3,(H,20,22);2*(H,6,7). The van der Waals surface area contributed by atoms with Gasteiger partial charge in [0.15, 0.2) is 0 Å². The van der Waals surface area contributed by atoms with Gasteiger partial charge in [-0.15, -0.1) is 0 Å². The van der Waals surface area contributed by atoms with Crippen LogP contribution in [-0.2, 0) is 27.0 Å². The molecule has 198 valence electrons. The minimum atomic E-state index is -5.08. The molecule has 0 radical (unpaired) electrons. The van der Waals surface area contributed by atoms with Crippen LogP contribution in [0.25, 0.3) is 11.3 Å². The minimum absolute atomic E-state index is 0.0393. The number of carboxylic acids is 2. The number of alkyl halides is 6. The summed E-state index contributed by atoms with van der Waals surface area (Å²) in [6.45, 7) is 0. The van der Waals surface area contributed by atoms with Gasteiger partial charge in [0, 0.05) is 18.8 Å². The van der Waals surface area contributed by atoms with Crippen LogP contribution in [0.15, 0.2) is 30.9 Å². The van der Waals surface area contributed by atoms with Crippen molar-refractivity contribution in [2.24, 2.45) is 12.8 Å². The first-order valence-electron chi connectivity index (χ1n) is 10.1. The highest BCUT2D eigenvalue weighted by molar-refractivity contribution is 5.90. The summed E-state index contributed by atoms with van der Waals surface area (Å²) in [6, 6.07) is 4.02. The molecular weight excluding hydrogens is 504 g/mol. The molecule has 0 aromatic carbocycles. The monoisotopic (exact) mass is 525 g/mol. The molecule has 2 heterocycles. The number of nitrogens with one attached hydrogen (secondary N) is 1. The van der Waals surface area contributed by atoms with E-state index in [0.29, 0.717) is 0 Å². The number of hydrogen-bond donors (Lipinski definition) is 4. The average Bonchev–Trinajstić information content (AvgIpc) is 3.67. The Morgan fingerprint density at radius 2 is 1.47 bits per heavy atom. The molecule has 36 heavy (non-hydrogen) atoms. The maximum Gasteiger partial charge on any atom is 0.490 e. The van der Waals surface area contributed by atoms with Crippen LogP contribution in [0.3, 0.4) is 0 Å². The topological polar surface area (TPSA) is 160 Å². The number of aromatic nitrogens is 3. The summed E-state index contributed by atoms with van der Waals surface area (Å²) in [5.41, 5.74) is 7.97. The van der Waals surface area contributed by atoms with Crippen LogP contribution >= 0.6 is 0 Å². The Morgan fingerprint density at radius 3 is 1.78 bits per heavy atom. The van der Waals surface area contributed by atoms with E-state index in [1.807, 2.05) is 36.1 Å². The molecule has 0 saturated heterocycles. The number of carbonyl (C=O) groups is 3. The predicted molar refractivity (Wildman–Crippen MR) is 109 cm³/mol.